The Kier molecular flexibility index (Phi) is 4.65. The summed E-state index contributed by atoms with van der Waals surface area (Å²) in [6.07, 6.45) is 1.05. The average molecular weight is 276 g/mol. The molecule has 0 bridgehead atoms. The van der Waals surface area contributed by atoms with Crippen LogP contribution in [0, 0.1) is 0 Å². The standard InChI is InChI=1S/C14H16N2O2S/c1-16(10-13-15-7-8-19-13)14(18)9-12(17)11-5-3-2-4-6-11/h2-8,12,17H,9-10H2,1H3. The van der Waals surface area contributed by atoms with Crippen LogP contribution in [0.5, 0.6) is 0 Å². The van der Waals surface area contributed by atoms with Crippen molar-refractivity contribution in [2.45, 2.75) is 19.1 Å². The Bertz CT molecular complexity index is 514. The molecule has 0 saturated heterocycles. The molecule has 100 valence electrons. The average Bonchev–Trinajstić information content (AvgIpc) is 2.92. The Labute approximate surface area is 116 Å². The van der Waals surface area contributed by atoms with Gasteiger partial charge in [0.15, 0.2) is 0 Å². The number of aliphatic hydroxyl groups is 1. The smallest absolute Gasteiger partial charge is 0.225 e. The number of aliphatic hydroxyl groups excluding tert-OH is 1. The molecule has 0 spiro atoms. The van der Waals surface area contributed by atoms with E-state index in [1.54, 1.807) is 18.1 Å². The molecule has 4 nitrogen and oxygen atoms in total. The molecule has 1 amide bonds. The zero-order chi connectivity index (χ0) is 13.7. The Morgan fingerprint density at radius 3 is 2.79 bits per heavy atom. The van der Waals surface area contributed by atoms with E-state index in [9.17, 15) is 9.90 Å². The highest BCUT2D eigenvalue weighted by Crippen LogP contribution is 2.17. The molecule has 0 saturated carbocycles. The first-order chi connectivity index (χ1) is 9.16. The molecule has 1 aromatic heterocycles. The van der Waals surface area contributed by atoms with Crippen molar-refractivity contribution in [1.82, 2.24) is 9.88 Å². The molecule has 0 aliphatic carbocycles. The molecular formula is C14H16N2O2S. The summed E-state index contributed by atoms with van der Waals surface area (Å²) >= 11 is 1.52. The van der Waals surface area contributed by atoms with Crippen molar-refractivity contribution >= 4 is 17.2 Å². The second kappa shape index (κ2) is 6.45. The van der Waals surface area contributed by atoms with Crippen LogP contribution in [0.1, 0.15) is 23.1 Å². The molecule has 1 heterocycles. The van der Waals surface area contributed by atoms with Gasteiger partial charge in [0, 0.05) is 18.6 Å². The Hall–Kier alpha value is -1.72. The van der Waals surface area contributed by atoms with Gasteiger partial charge >= 0.3 is 0 Å². The van der Waals surface area contributed by atoms with Gasteiger partial charge in [-0.1, -0.05) is 30.3 Å². The van der Waals surface area contributed by atoms with Crippen LogP contribution in [-0.4, -0.2) is 27.9 Å². The molecule has 1 aromatic carbocycles. The van der Waals surface area contributed by atoms with Crippen LogP contribution in [0.4, 0.5) is 0 Å². The van der Waals surface area contributed by atoms with E-state index in [0.717, 1.165) is 10.6 Å². The van der Waals surface area contributed by atoms with Gasteiger partial charge in [0.2, 0.25) is 5.91 Å². The topological polar surface area (TPSA) is 53.4 Å². The van der Waals surface area contributed by atoms with Crippen LogP contribution >= 0.6 is 11.3 Å². The molecule has 2 aromatic rings. The number of thiazole rings is 1. The molecule has 0 radical (unpaired) electrons. The van der Waals surface area contributed by atoms with Crippen molar-refractivity contribution in [1.29, 1.82) is 0 Å². The SMILES string of the molecule is CN(Cc1nccs1)C(=O)CC(O)c1ccccc1. The van der Waals surface area contributed by atoms with Crippen molar-refractivity contribution in [3.05, 3.63) is 52.5 Å². The van der Waals surface area contributed by atoms with Crippen molar-refractivity contribution < 1.29 is 9.90 Å². The van der Waals surface area contributed by atoms with Crippen molar-refractivity contribution in [2.75, 3.05) is 7.05 Å². The lowest BCUT2D eigenvalue weighted by molar-refractivity contribution is -0.132. The minimum Gasteiger partial charge on any atom is -0.388 e. The Balaban J connectivity index is 1.90. The van der Waals surface area contributed by atoms with Gasteiger partial charge in [0.05, 0.1) is 19.1 Å². The van der Waals surface area contributed by atoms with E-state index in [1.807, 2.05) is 35.7 Å². The number of hydrogen-bond acceptors (Lipinski definition) is 4. The highest BCUT2D eigenvalue weighted by Gasteiger charge is 2.16. The predicted molar refractivity (Wildman–Crippen MR) is 74.6 cm³/mol. The third-order valence-corrected chi connectivity index (χ3v) is 3.60. The molecule has 2 rings (SSSR count). The third kappa shape index (κ3) is 3.87. The monoisotopic (exact) mass is 276 g/mol. The second-order valence-corrected chi connectivity index (χ2v) is 5.29. The summed E-state index contributed by atoms with van der Waals surface area (Å²) in [5.74, 6) is -0.0912. The summed E-state index contributed by atoms with van der Waals surface area (Å²) < 4.78 is 0. The minimum absolute atomic E-state index is 0.0892. The quantitative estimate of drug-likeness (QED) is 0.911. The van der Waals surface area contributed by atoms with Gasteiger partial charge in [-0.25, -0.2) is 4.98 Å². The lowest BCUT2D eigenvalue weighted by atomic mass is 10.1. The Morgan fingerprint density at radius 2 is 2.16 bits per heavy atom. The number of benzene rings is 1. The van der Waals surface area contributed by atoms with Crippen LogP contribution < -0.4 is 0 Å². The maximum Gasteiger partial charge on any atom is 0.225 e. The largest absolute Gasteiger partial charge is 0.388 e. The van der Waals surface area contributed by atoms with Gasteiger partial charge in [-0.05, 0) is 5.56 Å². The van der Waals surface area contributed by atoms with E-state index in [4.69, 9.17) is 0 Å². The van der Waals surface area contributed by atoms with E-state index in [1.165, 1.54) is 11.3 Å². The van der Waals surface area contributed by atoms with Gasteiger partial charge in [-0.3, -0.25) is 4.79 Å². The van der Waals surface area contributed by atoms with Crippen LogP contribution in [0.2, 0.25) is 0 Å². The molecule has 1 unspecified atom stereocenters. The van der Waals surface area contributed by atoms with Crippen molar-refractivity contribution in [2.24, 2.45) is 0 Å². The van der Waals surface area contributed by atoms with E-state index in [-0.39, 0.29) is 12.3 Å². The molecule has 0 fully saturated rings. The van der Waals surface area contributed by atoms with Crippen molar-refractivity contribution in [3.63, 3.8) is 0 Å². The summed E-state index contributed by atoms with van der Waals surface area (Å²) in [6.45, 7) is 0.484. The van der Waals surface area contributed by atoms with Gasteiger partial charge in [0.25, 0.3) is 0 Å². The fraction of sp³-hybridized carbons (Fsp3) is 0.286. The van der Waals surface area contributed by atoms with Crippen LogP contribution in [-0.2, 0) is 11.3 Å². The summed E-state index contributed by atoms with van der Waals surface area (Å²) in [4.78, 5) is 17.7. The highest BCUT2D eigenvalue weighted by atomic mass is 32.1. The second-order valence-electron chi connectivity index (χ2n) is 4.31. The lowest BCUT2D eigenvalue weighted by Crippen LogP contribution is -2.27. The zero-order valence-corrected chi connectivity index (χ0v) is 11.5. The summed E-state index contributed by atoms with van der Waals surface area (Å²) in [5.41, 5.74) is 0.762. The predicted octanol–water partition coefficient (Wildman–Crippen LogP) is 2.23. The van der Waals surface area contributed by atoms with Crippen LogP contribution in [0.3, 0.4) is 0 Å². The number of rotatable bonds is 5. The number of carbonyl (C=O) groups excluding carboxylic acids is 1. The molecule has 0 aliphatic heterocycles. The first kappa shape index (κ1) is 13.7. The fourth-order valence-corrected chi connectivity index (χ4v) is 2.41. The van der Waals surface area contributed by atoms with E-state index in [0.29, 0.717) is 6.54 Å². The third-order valence-electron chi connectivity index (χ3n) is 2.83. The number of hydrogen-bond donors (Lipinski definition) is 1. The Morgan fingerprint density at radius 1 is 1.42 bits per heavy atom. The molecule has 1 N–H and O–H groups in total. The van der Waals surface area contributed by atoms with Crippen LogP contribution in [0.25, 0.3) is 0 Å². The summed E-state index contributed by atoms with van der Waals surface area (Å²) in [7, 11) is 1.72. The number of carbonyl (C=O) groups is 1. The zero-order valence-electron chi connectivity index (χ0n) is 10.7. The number of nitrogens with zero attached hydrogens (tertiary/aromatic N) is 2. The molecule has 5 heteroatoms. The normalized spacial score (nSPS) is 12.1. The molecule has 0 aliphatic rings. The van der Waals surface area contributed by atoms with Gasteiger partial charge < -0.3 is 10.0 Å². The van der Waals surface area contributed by atoms with Crippen LogP contribution in [0.15, 0.2) is 41.9 Å². The number of aromatic nitrogens is 1. The molecule has 1 atom stereocenters. The lowest BCUT2D eigenvalue weighted by Gasteiger charge is -2.18. The summed E-state index contributed by atoms with van der Waals surface area (Å²) in [5, 5.41) is 12.8. The minimum atomic E-state index is -0.757. The van der Waals surface area contributed by atoms with E-state index < -0.39 is 6.10 Å². The molecular weight excluding hydrogens is 260 g/mol. The van der Waals surface area contributed by atoms with Crippen molar-refractivity contribution in [3.8, 4) is 0 Å². The fourth-order valence-electron chi connectivity index (χ4n) is 1.74. The molecule has 19 heavy (non-hydrogen) atoms. The van der Waals surface area contributed by atoms with Gasteiger partial charge in [0.1, 0.15) is 5.01 Å². The maximum absolute atomic E-state index is 12.0. The van der Waals surface area contributed by atoms with Gasteiger partial charge in [-0.15, -0.1) is 11.3 Å². The van der Waals surface area contributed by atoms with E-state index >= 15 is 0 Å². The highest BCUT2D eigenvalue weighted by molar-refractivity contribution is 7.09. The summed E-state index contributed by atoms with van der Waals surface area (Å²) in [6, 6.07) is 9.22. The number of amides is 1. The maximum atomic E-state index is 12.0. The van der Waals surface area contributed by atoms with Gasteiger partial charge in [-0.2, -0.15) is 0 Å². The first-order valence-electron chi connectivity index (χ1n) is 6.02. The first-order valence-corrected chi connectivity index (χ1v) is 6.90. The van der Waals surface area contributed by atoms with E-state index in [2.05, 4.69) is 4.98 Å².